The number of hydrogen-bond acceptors (Lipinski definition) is 10. The van der Waals surface area contributed by atoms with Crippen LogP contribution in [0.4, 0.5) is 17.1 Å². The van der Waals surface area contributed by atoms with Gasteiger partial charge in [0, 0.05) is 67.7 Å². The van der Waals surface area contributed by atoms with Crippen LogP contribution < -0.4 is 19.7 Å². The molecule has 62 heavy (non-hydrogen) atoms. The van der Waals surface area contributed by atoms with Gasteiger partial charge in [0.25, 0.3) is 21.6 Å². The molecule has 0 atom stereocenters. The maximum atomic E-state index is 14.0. The molecule has 0 aromatic heterocycles. The molecule has 4 aliphatic rings. The van der Waals surface area contributed by atoms with E-state index in [1.165, 1.54) is 41.7 Å². The lowest BCUT2D eigenvalue weighted by molar-refractivity contribution is -0.384. The molecule has 2 heterocycles. The van der Waals surface area contributed by atoms with Crippen molar-refractivity contribution in [2.24, 2.45) is 5.41 Å². The number of allylic oxidation sites excluding steroid dienone is 2. The predicted molar refractivity (Wildman–Crippen MR) is 247 cm³/mol. The summed E-state index contributed by atoms with van der Waals surface area (Å²) < 4.78 is 36.1. The fourth-order valence-corrected chi connectivity index (χ4v) is 10.2. The van der Waals surface area contributed by atoms with Gasteiger partial charge in [-0.2, -0.15) is 0 Å². The van der Waals surface area contributed by atoms with Crippen molar-refractivity contribution in [3.05, 3.63) is 128 Å². The minimum atomic E-state index is -4.53. The van der Waals surface area contributed by atoms with Crippen molar-refractivity contribution < 1.29 is 22.9 Å². The number of nitro groups is 1. The van der Waals surface area contributed by atoms with Crippen LogP contribution in [0.25, 0.3) is 11.6 Å². The molecule has 0 unspecified atom stereocenters. The zero-order chi connectivity index (χ0) is 43.4. The number of hydrogen-bond donors (Lipinski definition) is 2. The van der Waals surface area contributed by atoms with Gasteiger partial charge in [-0.1, -0.05) is 67.4 Å². The van der Waals surface area contributed by atoms with Gasteiger partial charge in [-0.25, -0.2) is 13.1 Å². The van der Waals surface area contributed by atoms with Crippen LogP contribution in [-0.2, 0) is 16.4 Å². The Morgan fingerprint density at radius 2 is 1.69 bits per heavy atom. The first-order valence-corrected chi connectivity index (χ1v) is 23.5. The first-order chi connectivity index (χ1) is 29.8. The van der Waals surface area contributed by atoms with Gasteiger partial charge in [0.1, 0.15) is 17.2 Å². The standard InChI is InChI=1S/C48H55ClN6O6S/c1-48(2)21-20-36(42(32-48)35-12-14-37(49)15-13-35)33-53-26-28-54(29-27-53)38-16-18-41(46(30-38)61-45-11-6-9-34-8-5-10-40(34)45)47(56)51-62(59,60)39-17-19-43(44(31-39)55(57)58)50-22-7-25-52-23-3-4-24-52/h5-6,9-19,30-31,50H,3-4,7-8,20-29,32-33H2,1-2H3,(H,51,56). The Bertz CT molecular complexity index is 2490. The number of nitrogens with one attached hydrogen (secondary N) is 2. The number of nitro benzene ring substituents is 1. The molecule has 2 aliphatic heterocycles. The summed E-state index contributed by atoms with van der Waals surface area (Å²) in [7, 11) is -4.53. The lowest BCUT2D eigenvalue weighted by Gasteiger charge is -2.39. The highest BCUT2D eigenvalue weighted by molar-refractivity contribution is 7.90. The molecule has 12 nitrogen and oxygen atoms in total. The summed E-state index contributed by atoms with van der Waals surface area (Å²) in [6, 6.07) is 22.8. The number of halogens is 1. The van der Waals surface area contributed by atoms with Gasteiger partial charge in [0.2, 0.25) is 0 Å². The lowest BCUT2D eigenvalue weighted by atomic mass is 9.72. The molecule has 4 aromatic carbocycles. The van der Waals surface area contributed by atoms with Crippen LogP contribution in [0, 0.1) is 15.5 Å². The third kappa shape index (κ3) is 10.2. The highest BCUT2D eigenvalue weighted by Crippen LogP contribution is 2.44. The molecule has 2 N–H and O–H groups in total. The monoisotopic (exact) mass is 878 g/mol. The predicted octanol–water partition coefficient (Wildman–Crippen LogP) is 9.41. The molecule has 14 heteroatoms. The molecular weight excluding hydrogens is 824 g/mol. The number of nitrogens with zero attached hydrogens (tertiary/aromatic N) is 4. The third-order valence-electron chi connectivity index (χ3n) is 12.6. The van der Waals surface area contributed by atoms with E-state index in [1.807, 2.05) is 48.6 Å². The Morgan fingerprint density at radius 3 is 2.45 bits per heavy atom. The topological polar surface area (TPSA) is 137 Å². The number of anilines is 2. The molecule has 2 aliphatic carbocycles. The van der Waals surface area contributed by atoms with Crippen molar-refractivity contribution in [3.63, 3.8) is 0 Å². The average molecular weight is 880 g/mol. The number of amides is 1. The first-order valence-electron chi connectivity index (χ1n) is 21.7. The Hall–Kier alpha value is -5.21. The van der Waals surface area contributed by atoms with Gasteiger partial charge < -0.3 is 19.9 Å². The van der Waals surface area contributed by atoms with Crippen LogP contribution in [0.1, 0.15) is 79.4 Å². The minimum Gasteiger partial charge on any atom is -0.456 e. The molecule has 8 rings (SSSR count). The van der Waals surface area contributed by atoms with E-state index < -0.39 is 25.7 Å². The highest BCUT2D eigenvalue weighted by atomic mass is 35.5. The van der Waals surface area contributed by atoms with E-state index in [1.54, 1.807) is 12.1 Å². The van der Waals surface area contributed by atoms with E-state index in [0.29, 0.717) is 12.3 Å². The maximum absolute atomic E-state index is 14.0. The van der Waals surface area contributed by atoms with Gasteiger partial charge in [-0.15, -0.1) is 0 Å². The summed E-state index contributed by atoms with van der Waals surface area (Å²) in [5, 5.41) is 15.9. The largest absolute Gasteiger partial charge is 0.456 e. The van der Waals surface area contributed by atoms with Gasteiger partial charge >= 0.3 is 0 Å². The SMILES string of the molecule is CC1(C)CCC(CN2CCN(c3ccc(C(=O)NS(=O)(=O)c4ccc(NCCCN5CCCC5)c([N+](=O)[O-])c4)c(Oc4cccc5c4C=CC5)c3)CC2)=C(c2ccc(Cl)cc2)C1. The smallest absolute Gasteiger partial charge is 0.293 e. The summed E-state index contributed by atoms with van der Waals surface area (Å²) in [5.41, 5.74) is 7.07. The van der Waals surface area contributed by atoms with Crippen molar-refractivity contribution in [1.29, 1.82) is 0 Å². The second-order valence-electron chi connectivity index (χ2n) is 17.6. The Labute approximate surface area is 369 Å². The van der Waals surface area contributed by atoms with E-state index in [-0.39, 0.29) is 28.1 Å². The Balaban J connectivity index is 0.990. The van der Waals surface area contributed by atoms with Crippen molar-refractivity contribution in [3.8, 4) is 11.5 Å². The number of benzene rings is 4. The summed E-state index contributed by atoms with van der Waals surface area (Å²) in [6.45, 7) is 12.3. The molecule has 326 valence electrons. The fourth-order valence-electron chi connectivity index (χ4n) is 9.09. The number of fused-ring (bicyclic) bond motifs is 1. The number of carbonyl (C=O) groups is 1. The third-order valence-corrected chi connectivity index (χ3v) is 14.2. The first kappa shape index (κ1) is 43.4. The molecular formula is C48H55ClN6O6S. The van der Waals surface area contributed by atoms with Crippen molar-refractivity contribution in [1.82, 2.24) is 14.5 Å². The molecule has 1 amide bonds. The number of ether oxygens (including phenoxy) is 1. The van der Waals surface area contributed by atoms with Gasteiger partial charge in [-0.05, 0) is 129 Å². The number of sulfonamides is 1. The summed E-state index contributed by atoms with van der Waals surface area (Å²) in [6.07, 6.45) is 11.2. The molecule has 0 saturated carbocycles. The second-order valence-corrected chi connectivity index (χ2v) is 19.7. The fraction of sp³-hybridized carbons (Fsp3) is 0.396. The molecule has 0 radical (unpaired) electrons. The van der Waals surface area contributed by atoms with Crippen molar-refractivity contribution in [2.45, 2.75) is 63.7 Å². The zero-order valence-electron chi connectivity index (χ0n) is 35.5. The highest BCUT2D eigenvalue weighted by Gasteiger charge is 2.31. The molecule has 0 bridgehead atoms. The van der Waals surface area contributed by atoms with E-state index in [2.05, 4.69) is 50.7 Å². The quantitative estimate of drug-likeness (QED) is 0.0675. The average Bonchev–Trinajstić information content (AvgIpc) is 3.97. The Kier molecular flexibility index (Phi) is 13.1. The van der Waals surface area contributed by atoms with E-state index in [4.69, 9.17) is 16.3 Å². The van der Waals surface area contributed by atoms with Crippen molar-refractivity contribution in [2.75, 3.05) is 69.1 Å². The molecule has 4 aromatic rings. The molecule has 2 fully saturated rings. The summed E-state index contributed by atoms with van der Waals surface area (Å²) in [4.78, 5) is 32.2. The van der Waals surface area contributed by atoms with Gasteiger partial charge in [0.05, 0.1) is 15.4 Å². The maximum Gasteiger partial charge on any atom is 0.293 e. The minimum absolute atomic E-state index is 0.0169. The number of piperazine rings is 1. The molecule has 2 saturated heterocycles. The Morgan fingerprint density at radius 1 is 0.919 bits per heavy atom. The molecule has 0 spiro atoms. The van der Waals surface area contributed by atoms with Crippen LogP contribution in [0.5, 0.6) is 11.5 Å². The van der Waals surface area contributed by atoms with Crippen LogP contribution in [0.2, 0.25) is 5.02 Å². The number of carbonyl (C=O) groups excluding carboxylic acids is 1. The van der Waals surface area contributed by atoms with Gasteiger partial charge in [-0.3, -0.25) is 19.8 Å². The van der Waals surface area contributed by atoms with Crippen molar-refractivity contribution >= 4 is 56.2 Å². The van der Waals surface area contributed by atoms with E-state index in [0.717, 1.165) is 112 Å². The number of likely N-dealkylation sites (tertiary alicyclic amines) is 1. The number of rotatable bonds is 15. The van der Waals surface area contributed by atoms with Crippen LogP contribution in [-0.4, -0.2) is 88.0 Å². The normalized spacial score (nSPS) is 17.9. The summed E-state index contributed by atoms with van der Waals surface area (Å²) in [5.74, 6) is -0.158. The lowest BCUT2D eigenvalue weighted by Crippen LogP contribution is -2.47. The van der Waals surface area contributed by atoms with Gasteiger partial charge in [0.15, 0.2) is 0 Å². The summed E-state index contributed by atoms with van der Waals surface area (Å²) >= 11 is 6.25. The van der Waals surface area contributed by atoms with Crippen LogP contribution in [0.15, 0.2) is 95.4 Å². The van der Waals surface area contributed by atoms with E-state index >= 15 is 0 Å². The van der Waals surface area contributed by atoms with Crippen LogP contribution in [0.3, 0.4) is 0 Å². The van der Waals surface area contributed by atoms with E-state index in [9.17, 15) is 23.3 Å². The van der Waals surface area contributed by atoms with Crippen LogP contribution >= 0.6 is 11.6 Å². The second kappa shape index (κ2) is 18.6. The zero-order valence-corrected chi connectivity index (χ0v) is 37.1.